The molecule has 0 spiro atoms. The van der Waals surface area contributed by atoms with Gasteiger partial charge in [-0.05, 0) is 223 Å². The fourth-order valence-electron chi connectivity index (χ4n) is 20.5. The van der Waals surface area contributed by atoms with Crippen molar-refractivity contribution in [1.29, 1.82) is 0 Å². The van der Waals surface area contributed by atoms with Crippen LogP contribution in [0.4, 0.5) is 0 Å². The first-order valence-electron chi connectivity index (χ1n) is 28.0. The summed E-state index contributed by atoms with van der Waals surface area (Å²) in [5.41, 5.74) is 0. The Morgan fingerprint density at radius 2 is 0.526 bits per heavy atom. The Kier molecular flexibility index (Phi) is 12.5. The van der Waals surface area contributed by atoms with Crippen LogP contribution < -0.4 is 0 Å². The third kappa shape index (κ3) is 8.20. The molecule has 10 unspecified atom stereocenters. The molecule has 0 heterocycles. The van der Waals surface area contributed by atoms with Gasteiger partial charge >= 0.3 is 0 Å². The maximum absolute atomic E-state index is 3.43. The smallest absolute Gasteiger partial charge is 0.0104 e. The second-order valence-corrected chi connectivity index (χ2v) is 25.1. The minimum atomic E-state index is 0.929. The second-order valence-electron chi connectivity index (χ2n) is 25.1. The van der Waals surface area contributed by atoms with Crippen LogP contribution in [-0.2, 0) is 0 Å². The Morgan fingerprint density at radius 1 is 0.193 bits per heavy atom. The van der Waals surface area contributed by atoms with Gasteiger partial charge in [-0.1, -0.05) is 109 Å². The molecule has 11 fully saturated rings. The molecule has 0 radical (unpaired) electrons. The largest absolute Gasteiger partial charge is 0.294 e. The molecule has 0 N–H and O–H groups in total. The highest BCUT2D eigenvalue weighted by Crippen LogP contribution is 2.65. The highest BCUT2D eigenvalue weighted by molar-refractivity contribution is 5.08. The van der Waals surface area contributed by atoms with Crippen molar-refractivity contribution in [2.45, 2.75) is 256 Å². The van der Waals surface area contributed by atoms with Crippen LogP contribution in [0.3, 0.4) is 0 Å². The van der Waals surface area contributed by atoms with Gasteiger partial charge < -0.3 is 0 Å². The van der Waals surface area contributed by atoms with E-state index in [4.69, 9.17) is 0 Å². The molecule has 1 heteroatoms. The summed E-state index contributed by atoms with van der Waals surface area (Å²) >= 11 is 0. The lowest BCUT2D eigenvalue weighted by Gasteiger charge is -2.53. The van der Waals surface area contributed by atoms with Crippen LogP contribution in [0.25, 0.3) is 0 Å². The Balaban J connectivity index is 0.776. The predicted octanol–water partition coefficient (Wildman–Crippen LogP) is 15.8. The summed E-state index contributed by atoms with van der Waals surface area (Å²) in [6, 6.07) is 2.80. The van der Waals surface area contributed by atoms with Gasteiger partial charge in [0, 0.05) is 18.1 Å². The summed E-state index contributed by atoms with van der Waals surface area (Å²) in [6.45, 7) is 0. The van der Waals surface area contributed by atoms with E-state index in [-0.39, 0.29) is 0 Å². The first-order chi connectivity index (χ1) is 28.2. The molecule has 11 rings (SSSR count). The Labute approximate surface area is 354 Å². The fourth-order valence-corrected chi connectivity index (χ4v) is 20.5. The van der Waals surface area contributed by atoms with Crippen LogP contribution in [0.15, 0.2) is 0 Å². The van der Waals surface area contributed by atoms with E-state index >= 15 is 0 Å². The maximum atomic E-state index is 3.43. The third-order valence-electron chi connectivity index (χ3n) is 22.9. The van der Waals surface area contributed by atoms with Crippen molar-refractivity contribution in [1.82, 2.24) is 4.90 Å². The first kappa shape index (κ1) is 39.8. The maximum Gasteiger partial charge on any atom is 0.0104 e. The Bertz CT molecular complexity index is 1240. The zero-order valence-corrected chi connectivity index (χ0v) is 37.6. The SMILES string of the molecule is C1CCC(C2CCC(C3CCC(N(C4CCC(C5CCCCC5)CC4)C4CCC5C(CC6CC7CCCCC7C(C7CC8CCCCC8C7)C65)C4)CC3)CC2)CC1. The van der Waals surface area contributed by atoms with Crippen molar-refractivity contribution in [2.75, 3.05) is 0 Å². The highest BCUT2D eigenvalue weighted by Gasteiger charge is 2.58. The monoisotopic (exact) mass is 780 g/mol. The molecule has 0 aromatic rings. The van der Waals surface area contributed by atoms with E-state index in [1.807, 2.05) is 0 Å². The van der Waals surface area contributed by atoms with Crippen molar-refractivity contribution in [3.63, 3.8) is 0 Å². The van der Waals surface area contributed by atoms with Gasteiger partial charge in [0.1, 0.15) is 0 Å². The molecule has 57 heavy (non-hydrogen) atoms. The number of rotatable bonds is 7. The molecule has 0 aliphatic heterocycles. The van der Waals surface area contributed by atoms with Crippen LogP contribution in [0, 0.1) is 94.7 Å². The molecule has 322 valence electrons. The second kappa shape index (κ2) is 18.0. The molecular formula is C56H93N. The summed E-state index contributed by atoms with van der Waals surface area (Å²) < 4.78 is 0. The van der Waals surface area contributed by atoms with Crippen LogP contribution in [0.2, 0.25) is 0 Å². The van der Waals surface area contributed by atoms with E-state index in [2.05, 4.69) is 4.90 Å². The molecule has 0 aromatic heterocycles. The van der Waals surface area contributed by atoms with E-state index in [0.717, 1.165) is 113 Å². The quantitative estimate of drug-likeness (QED) is 0.249. The average molecular weight is 780 g/mol. The van der Waals surface area contributed by atoms with Crippen LogP contribution >= 0.6 is 0 Å². The van der Waals surface area contributed by atoms with E-state index in [0.29, 0.717) is 0 Å². The lowest BCUT2D eigenvalue weighted by molar-refractivity contribution is -0.0443. The van der Waals surface area contributed by atoms with Gasteiger partial charge in [0.25, 0.3) is 0 Å². The number of hydrogen-bond donors (Lipinski definition) is 0. The molecule has 10 atom stereocenters. The van der Waals surface area contributed by atoms with Gasteiger partial charge in [-0.25, -0.2) is 0 Å². The summed E-state index contributed by atoms with van der Waals surface area (Å²) in [5, 5.41) is 0. The zero-order chi connectivity index (χ0) is 37.7. The van der Waals surface area contributed by atoms with Crippen LogP contribution in [0.1, 0.15) is 238 Å². The normalized spacial score (nSPS) is 50.2. The lowest BCUT2D eigenvalue weighted by atomic mass is 9.53. The van der Waals surface area contributed by atoms with Gasteiger partial charge in [-0.15, -0.1) is 0 Å². The predicted molar refractivity (Wildman–Crippen MR) is 240 cm³/mol. The van der Waals surface area contributed by atoms with Crippen LogP contribution in [0.5, 0.6) is 0 Å². The van der Waals surface area contributed by atoms with Gasteiger partial charge in [0.15, 0.2) is 0 Å². The first-order valence-corrected chi connectivity index (χ1v) is 28.0. The molecule has 1 nitrogen and oxygen atoms in total. The number of hydrogen-bond acceptors (Lipinski definition) is 1. The Hall–Kier alpha value is -0.0400. The van der Waals surface area contributed by atoms with Gasteiger partial charge in [0.05, 0.1) is 0 Å². The summed E-state index contributed by atoms with van der Waals surface area (Å²) in [7, 11) is 0. The number of nitrogens with zero attached hydrogens (tertiary/aromatic N) is 1. The van der Waals surface area contributed by atoms with Crippen molar-refractivity contribution in [2.24, 2.45) is 94.7 Å². The summed E-state index contributed by atoms with van der Waals surface area (Å²) in [6.07, 6.45) is 58.8. The van der Waals surface area contributed by atoms with Crippen molar-refractivity contribution in [3.8, 4) is 0 Å². The lowest BCUT2D eigenvalue weighted by Crippen LogP contribution is -2.54. The molecule has 11 saturated carbocycles. The topological polar surface area (TPSA) is 3.24 Å². The van der Waals surface area contributed by atoms with E-state index in [1.54, 1.807) is 225 Å². The molecule has 0 bridgehead atoms. The third-order valence-corrected chi connectivity index (χ3v) is 22.9. The fraction of sp³-hybridized carbons (Fsp3) is 1.00. The molecule has 0 amide bonds. The van der Waals surface area contributed by atoms with Gasteiger partial charge in [-0.2, -0.15) is 0 Å². The molecule has 11 aliphatic rings. The molecule has 11 aliphatic carbocycles. The van der Waals surface area contributed by atoms with E-state index in [1.165, 1.54) is 12.8 Å². The van der Waals surface area contributed by atoms with Crippen molar-refractivity contribution in [3.05, 3.63) is 0 Å². The van der Waals surface area contributed by atoms with E-state index in [9.17, 15) is 0 Å². The molecular weight excluding hydrogens is 687 g/mol. The minimum Gasteiger partial charge on any atom is -0.294 e. The molecule has 0 saturated heterocycles. The minimum absolute atomic E-state index is 0.929. The molecule has 0 aromatic carbocycles. The van der Waals surface area contributed by atoms with Crippen molar-refractivity contribution < 1.29 is 0 Å². The van der Waals surface area contributed by atoms with Crippen molar-refractivity contribution >= 4 is 0 Å². The van der Waals surface area contributed by atoms with Gasteiger partial charge in [0.2, 0.25) is 0 Å². The standard InChI is InChI=1S/C56H93N/c1-3-11-38(12-4-1)40-19-21-41(22-20-40)43-25-29-51(30-26-43)57(50-27-23-42(24-28-50)39-13-5-2-6-14-39)52-31-32-54-47(37-52)36-49-35-46-17-9-10-18-53(46)55(56(49)54)48-33-44-15-7-8-16-45(44)34-48/h38-56H,1-37H2. The summed E-state index contributed by atoms with van der Waals surface area (Å²) in [4.78, 5) is 3.43. The average Bonchev–Trinajstić information content (AvgIpc) is 3.88. The summed E-state index contributed by atoms with van der Waals surface area (Å²) in [5.74, 6) is 17.8. The van der Waals surface area contributed by atoms with E-state index < -0.39 is 0 Å². The Morgan fingerprint density at radius 3 is 1.04 bits per heavy atom. The highest BCUT2D eigenvalue weighted by atomic mass is 15.2. The van der Waals surface area contributed by atoms with Gasteiger partial charge in [-0.3, -0.25) is 4.90 Å². The zero-order valence-electron chi connectivity index (χ0n) is 37.6. The number of fused-ring (bicyclic) bond motifs is 5. The van der Waals surface area contributed by atoms with Crippen LogP contribution in [-0.4, -0.2) is 23.0 Å².